The van der Waals surface area contributed by atoms with E-state index in [1.54, 1.807) is 56.0 Å². The molecule has 1 unspecified atom stereocenters. The zero-order valence-electron chi connectivity index (χ0n) is 42.2. The summed E-state index contributed by atoms with van der Waals surface area (Å²) in [5, 5.41) is 22.4. The summed E-state index contributed by atoms with van der Waals surface area (Å²) in [7, 11) is -3.65. The predicted octanol–water partition coefficient (Wildman–Crippen LogP) is 8.72. The van der Waals surface area contributed by atoms with Gasteiger partial charge in [-0.1, -0.05) is 54.9 Å². The van der Waals surface area contributed by atoms with E-state index in [-0.39, 0.29) is 70.0 Å². The van der Waals surface area contributed by atoms with Crippen molar-refractivity contribution in [2.75, 3.05) is 55.3 Å². The van der Waals surface area contributed by atoms with Gasteiger partial charge in [-0.15, -0.1) is 11.3 Å². The van der Waals surface area contributed by atoms with Gasteiger partial charge < -0.3 is 40.3 Å². The van der Waals surface area contributed by atoms with Crippen molar-refractivity contribution < 1.29 is 47.0 Å². The highest BCUT2D eigenvalue weighted by molar-refractivity contribution is 7.88. The highest BCUT2D eigenvalue weighted by Crippen LogP contribution is 2.47. The molecule has 20 heteroatoms. The van der Waals surface area contributed by atoms with E-state index in [4.69, 9.17) is 21.1 Å². The van der Waals surface area contributed by atoms with Crippen LogP contribution >= 0.6 is 22.9 Å². The maximum absolute atomic E-state index is 13.7. The van der Waals surface area contributed by atoms with Gasteiger partial charge in [0.1, 0.15) is 29.0 Å². The first kappa shape index (κ1) is 54.3. The van der Waals surface area contributed by atoms with Gasteiger partial charge in [0.05, 0.1) is 10.6 Å². The standard InChI is InChI=1S/C54H66ClN7O10S2/c1-34(63)32-71-48-47(55)49(73-50(48)53(68)72-54(2,3)4)36-12-9-14-40(30-36)56-37-22-27-61(28-23-37)74(69,70)33-35-11-8-13-39(29-35)58-45(64)17-6-5-7-24-60-25-20-38(21-26-60)57-43-16-10-15-41-42(43)31-62(52(41)67)44-18-19-46(65)59-51(44)66/h8-16,29-30,37-38,44,56-57,63H,1,5-7,17-28,31-33H2,2-4H3,(H,58,64)(H,59,65,66). The van der Waals surface area contributed by atoms with Crippen LogP contribution in [0.2, 0.25) is 5.02 Å². The molecule has 3 fully saturated rings. The monoisotopic (exact) mass is 1070 g/mol. The van der Waals surface area contributed by atoms with Crippen LogP contribution in [0.1, 0.15) is 116 Å². The Morgan fingerprint density at radius 2 is 1.59 bits per heavy atom. The Bertz CT molecular complexity index is 2870. The molecule has 8 rings (SSSR count). The van der Waals surface area contributed by atoms with Crippen molar-refractivity contribution in [2.45, 2.75) is 121 Å². The van der Waals surface area contributed by atoms with Crippen molar-refractivity contribution in [3.63, 3.8) is 0 Å². The average molecular weight is 1070 g/mol. The van der Waals surface area contributed by atoms with Crippen LogP contribution in [0.4, 0.5) is 17.1 Å². The fourth-order valence-electron chi connectivity index (χ4n) is 9.89. The minimum atomic E-state index is -3.65. The van der Waals surface area contributed by atoms with Crippen molar-refractivity contribution >= 4 is 79.6 Å². The van der Waals surface area contributed by atoms with Crippen LogP contribution in [0, 0.1) is 0 Å². The Balaban J connectivity index is 0.736. The molecule has 4 amide bonds. The van der Waals surface area contributed by atoms with E-state index in [1.807, 2.05) is 36.4 Å². The van der Waals surface area contributed by atoms with E-state index >= 15 is 0 Å². The molecule has 74 heavy (non-hydrogen) atoms. The molecule has 5 N–H and O–H groups in total. The van der Waals surface area contributed by atoms with Crippen LogP contribution in [-0.4, -0.2) is 120 Å². The Morgan fingerprint density at radius 3 is 2.32 bits per heavy atom. The lowest BCUT2D eigenvalue weighted by atomic mass is 10.0. The first-order valence-electron chi connectivity index (χ1n) is 25.3. The van der Waals surface area contributed by atoms with Gasteiger partial charge in [0.2, 0.25) is 27.7 Å². The lowest BCUT2D eigenvalue weighted by Gasteiger charge is -2.33. The summed E-state index contributed by atoms with van der Waals surface area (Å²) < 4.78 is 40.2. The van der Waals surface area contributed by atoms with Crippen LogP contribution in [-0.2, 0) is 41.4 Å². The van der Waals surface area contributed by atoms with E-state index in [2.05, 4.69) is 32.7 Å². The molecule has 3 aromatic carbocycles. The number of esters is 1. The summed E-state index contributed by atoms with van der Waals surface area (Å²) in [4.78, 5) is 68.4. The largest absolute Gasteiger partial charge is 0.509 e. The number of aliphatic hydroxyl groups excluding tert-OH is 1. The SMILES string of the molecule is C=C(O)COc1c(C(=O)OC(C)(C)C)sc(-c2cccc(NC3CCN(S(=O)(=O)Cc4cccc(NC(=O)CCCCCN5CCC(Nc6cccc7c6CN(C6CCC(=O)NC6=O)C7=O)CC5)c4)CC3)c2)c1Cl. The lowest BCUT2D eigenvalue weighted by molar-refractivity contribution is -0.137. The molecule has 0 radical (unpaired) electrons. The number of unbranched alkanes of at least 4 members (excludes halogenated alkanes) is 2. The van der Waals surface area contributed by atoms with Crippen molar-refractivity contribution in [2.24, 2.45) is 0 Å². The summed E-state index contributed by atoms with van der Waals surface area (Å²) in [5.41, 5.74) is 4.35. The molecule has 4 aliphatic heterocycles. The number of likely N-dealkylation sites (tertiary alicyclic amines) is 1. The number of hydrogen-bond donors (Lipinski definition) is 5. The van der Waals surface area contributed by atoms with E-state index in [1.165, 1.54) is 4.31 Å². The summed E-state index contributed by atoms with van der Waals surface area (Å²) in [6, 6.07) is 19.9. The number of hydrogen-bond acceptors (Lipinski definition) is 14. The minimum absolute atomic E-state index is 0.00340. The molecule has 0 spiro atoms. The number of fused-ring (bicyclic) bond motifs is 1. The number of benzene rings is 3. The number of imide groups is 1. The van der Waals surface area contributed by atoms with Gasteiger partial charge in [0.15, 0.2) is 10.6 Å². The van der Waals surface area contributed by atoms with Gasteiger partial charge >= 0.3 is 5.97 Å². The Hall–Kier alpha value is -5.99. The second-order valence-corrected chi connectivity index (χ2v) is 23.8. The number of rotatable bonds is 20. The number of halogens is 1. The van der Waals surface area contributed by atoms with E-state index in [0.717, 1.165) is 85.6 Å². The Labute approximate surface area is 442 Å². The first-order chi connectivity index (χ1) is 35.3. The van der Waals surface area contributed by atoms with Crippen LogP contribution in [0.25, 0.3) is 10.4 Å². The molecule has 1 aromatic heterocycles. The molecule has 3 saturated heterocycles. The van der Waals surface area contributed by atoms with Crippen LogP contribution in [0.15, 0.2) is 79.1 Å². The number of anilines is 3. The fraction of sp³-hybridized carbons (Fsp3) is 0.463. The van der Waals surface area contributed by atoms with Crippen LogP contribution < -0.4 is 26.0 Å². The number of nitrogens with zero attached hydrogens (tertiary/aromatic N) is 3. The molecule has 396 valence electrons. The highest BCUT2D eigenvalue weighted by Gasteiger charge is 2.40. The quantitative estimate of drug-likeness (QED) is 0.0243. The third kappa shape index (κ3) is 13.8. The molecule has 4 aromatic rings. The molecule has 1 atom stereocenters. The molecule has 5 heterocycles. The third-order valence-electron chi connectivity index (χ3n) is 13.6. The molecular formula is C54H66ClN7O10S2. The number of ether oxygens (including phenoxy) is 2. The first-order valence-corrected chi connectivity index (χ1v) is 28.1. The Morgan fingerprint density at radius 1 is 0.892 bits per heavy atom. The number of piperidine rings is 3. The van der Waals surface area contributed by atoms with Gasteiger partial charge in [-0.2, -0.15) is 0 Å². The lowest BCUT2D eigenvalue weighted by Crippen LogP contribution is -2.52. The number of nitrogens with one attached hydrogen (secondary N) is 4. The summed E-state index contributed by atoms with van der Waals surface area (Å²) in [6.45, 7) is 12.3. The molecule has 0 bridgehead atoms. The van der Waals surface area contributed by atoms with Crippen molar-refractivity contribution in [3.05, 3.63) is 106 Å². The van der Waals surface area contributed by atoms with Crippen molar-refractivity contribution in [3.8, 4) is 16.2 Å². The van der Waals surface area contributed by atoms with Crippen molar-refractivity contribution in [1.29, 1.82) is 0 Å². The number of carbonyl (C=O) groups is 5. The van der Waals surface area contributed by atoms with E-state index in [9.17, 15) is 37.5 Å². The molecular weight excluding hydrogens is 1010 g/mol. The second-order valence-electron chi connectivity index (χ2n) is 20.5. The zero-order valence-corrected chi connectivity index (χ0v) is 44.6. The number of sulfonamides is 1. The average Bonchev–Trinajstić information content (AvgIpc) is 3.86. The molecule has 0 aliphatic carbocycles. The second kappa shape index (κ2) is 23.7. The number of thiophene rings is 1. The number of carbonyl (C=O) groups excluding carboxylic acids is 5. The summed E-state index contributed by atoms with van der Waals surface area (Å²) in [5.74, 6) is -1.91. The van der Waals surface area contributed by atoms with Gasteiger partial charge in [-0.3, -0.25) is 24.5 Å². The van der Waals surface area contributed by atoms with E-state index in [0.29, 0.717) is 67.0 Å². The highest BCUT2D eigenvalue weighted by atomic mass is 35.5. The van der Waals surface area contributed by atoms with Gasteiger partial charge in [0, 0.05) is 85.8 Å². The van der Waals surface area contributed by atoms with Crippen LogP contribution in [0.3, 0.4) is 0 Å². The predicted molar refractivity (Wildman–Crippen MR) is 287 cm³/mol. The van der Waals surface area contributed by atoms with E-state index < -0.39 is 33.5 Å². The maximum Gasteiger partial charge on any atom is 0.352 e. The smallest absolute Gasteiger partial charge is 0.352 e. The molecule has 0 saturated carbocycles. The fourth-order valence-corrected chi connectivity index (χ4v) is 12.9. The number of aliphatic hydroxyl groups is 1. The molecule has 4 aliphatic rings. The topological polar surface area (TPSA) is 216 Å². The van der Waals surface area contributed by atoms with Crippen LogP contribution in [0.5, 0.6) is 5.75 Å². The van der Waals surface area contributed by atoms with Gasteiger partial charge in [-0.25, -0.2) is 17.5 Å². The third-order valence-corrected chi connectivity index (χ3v) is 17.1. The van der Waals surface area contributed by atoms with Gasteiger partial charge in [0.25, 0.3) is 5.91 Å². The summed E-state index contributed by atoms with van der Waals surface area (Å²) >= 11 is 7.93. The normalized spacial score (nSPS) is 18.2. The Kier molecular flexibility index (Phi) is 17.4. The van der Waals surface area contributed by atoms with Crippen molar-refractivity contribution in [1.82, 2.24) is 19.4 Å². The minimum Gasteiger partial charge on any atom is -0.509 e. The summed E-state index contributed by atoms with van der Waals surface area (Å²) in [6.07, 6.45) is 6.58. The number of amides is 4. The molecule has 17 nitrogen and oxygen atoms in total. The van der Waals surface area contributed by atoms with Gasteiger partial charge in [-0.05, 0) is 120 Å². The maximum atomic E-state index is 13.7. The zero-order chi connectivity index (χ0) is 52.7.